The fourth-order valence-electron chi connectivity index (χ4n) is 2.29. The first kappa shape index (κ1) is 15.3. The third kappa shape index (κ3) is 3.95. The van der Waals surface area contributed by atoms with Gasteiger partial charge in [-0.1, -0.05) is 12.1 Å². The molecular weight excluding hydrogens is 262 g/mol. The lowest BCUT2D eigenvalue weighted by molar-refractivity contribution is 0.0950. The minimum absolute atomic E-state index is 0.0329. The summed E-state index contributed by atoms with van der Waals surface area (Å²) in [5.41, 5.74) is 4.14. The third-order valence-corrected chi connectivity index (χ3v) is 3.59. The van der Waals surface area contributed by atoms with Crippen LogP contribution in [0.5, 0.6) is 0 Å². The zero-order chi connectivity index (χ0) is 15.4. The number of amides is 1. The second-order valence-corrected chi connectivity index (χ2v) is 5.65. The number of nitrogens with one attached hydrogen (secondary N) is 1. The van der Waals surface area contributed by atoms with Crippen molar-refractivity contribution in [1.82, 2.24) is 14.8 Å². The highest BCUT2D eigenvalue weighted by molar-refractivity contribution is 5.94. The van der Waals surface area contributed by atoms with E-state index in [4.69, 9.17) is 0 Å². The summed E-state index contributed by atoms with van der Waals surface area (Å²) in [4.78, 5) is 14.3. The van der Waals surface area contributed by atoms with Gasteiger partial charge in [0.15, 0.2) is 0 Å². The van der Waals surface area contributed by atoms with Crippen LogP contribution in [0.3, 0.4) is 0 Å². The molecule has 0 saturated heterocycles. The van der Waals surface area contributed by atoms with Crippen LogP contribution in [0.1, 0.15) is 27.3 Å². The topological polar surface area (TPSA) is 37.3 Å². The first-order valence-electron chi connectivity index (χ1n) is 7.10. The van der Waals surface area contributed by atoms with Gasteiger partial charge in [-0.25, -0.2) is 0 Å². The second-order valence-electron chi connectivity index (χ2n) is 5.65. The highest BCUT2D eigenvalue weighted by atomic mass is 16.1. The van der Waals surface area contributed by atoms with Crippen molar-refractivity contribution in [1.29, 1.82) is 0 Å². The molecule has 4 heteroatoms. The van der Waals surface area contributed by atoms with E-state index in [1.807, 2.05) is 51.5 Å². The van der Waals surface area contributed by atoms with Crippen molar-refractivity contribution < 1.29 is 4.79 Å². The van der Waals surface area contributed by atoms with Gasteiger partial charge < -0.3 is 14.8 Å². The summed E-state index contributed by atoms with van der Waals surface area (Å²) in [5, 5.41) is 2.98. The molecule has 0 atom stereocenters. The third-order valence-electron chi connectivity index (χ3n) is 3.59. The maximum atomic E-state index is 12.2. The van der Waals surface area contributed by atoms with Crippen LogP contribution < -0.4 is 5.32 Å². The number of aryl methyl sites for hydroxylation is 1. The van der Waals surface area contributed by atoms with Gasteiger partial charge in [0.05, 0.1) is 6.54 Å². The molecule has 1 N–H and O–H groups in total. The molecule has 2 aromatic rings. The largest absolute Gasteiger partial charge is 0.350 e. The van der Waals surface area contributed by atoms with Crippen molar-refractivity contribution >= 4 is 5.91 Å². The molecule has 1 heterocycles. The maximum Gasteiger partial charge on any atom is 0.251 e. The zero-order valence-corrected chi connectivity index (χ0v) is 13.2. The molecule has 0 fully saturated rings. The van der Waals surface area contributed by atoms with Crippen molar-refractivity contribution in [2.75, 3.05) is 14.1 Å². The lowest BCUT2D eigenvalue weighted by Gasteiger charge is -2.11. The van der Waals surface area contributed by atoms with Crippen molar-refractivity contribution in [2.45, 2.75) is 20.0 Å². The molecule has 0 aliphatic rings. The molecular formula is C17H23N3O. The lowest BCUT2D eigenvalue weighted by Crippen LogP contribution is -2.24. The molecule has 4 nitrogen and oxygen atoms in total. The van der Waals surface area contributed by atoms with Crippen LogP contribution in [-0.4, -0.2) is 29.5 Å². The summed E-state index contributed by atoms with van der Waals surface area (Å²) in [6, 6.07) is 11.9. The van der Waals surface area contributed by atoms with Gasteiger partial charge in [0.25, 0.3) is 5.91 Å². The first-order valence-corrected chi connectivity index (χ1v) is 7.10. The Labute approximate surface area is 126 Å². The quantitative estimate of drug-likeness (QED) is 0.915. The number of aromatic nitrogens is 1. The van der Waals surface area contributed by atoms with E-state index in [0.29, 0.717) is 12.1 Å². The number of hydrogen-bond donors (Lipinski definition) is 1. The van der Waals surface area contributed by atoms with E-state index in [0.717, 1.165) is 17.8 Å². The van der Waals surface area contributed by atoms with Gasteiger partial charge in [-0.3, -0.25) is 4.79 Å². The summed E-state index contributed by atoms with van der Waals surface area (Å²) >= 11 is 0. The van der Waals surface area contributed by atoms with Crippen LogP contribution >= 0.6 is 0 Å². The molecule has 0 saturated carbocycles. The molecule has 1 amide bonds. The number of benzene rings is 1. The fraction of sp³-hybridized carbons (Fsp3) is 0.353. The minimum Gasteiger partial charge on any atom is -0.350 e. The van der Waals surface area contributed by atoms with E-state index in [1.54, 1.807) is 0 Å². The van der Waals surface area contributed by atoms with Crippen LogP contribution in [-0.2, 0) is 20.1 Å². The summed E-state index contributed by atoms with van der Waals surface area (Å²) in [6.07, 6.45) is 0. The summed E-state index contributed by atoms with van der Waals surface area (Å²) in [5.74, 6) is -0.0329. The molecule has 0 aliphatic carbocycles. The van der Waals surface area contributed by atoms with Crippen LogP contribution in [0.15, 0.2) is 36.4 Å². The number of hydrogen-bond acceptors (Lipinski definition) is 2. The molecule has 0 spiro atoms. The monoisotopic (exact) mass is 285 g/mol. The Morgan fingerprint density at radius 2 is 2.00 bits per heavy atom. The Hall–Kier alpha value is -2.07. The molecule has 0 unspecified atom stereocenters. The summed E-state index contributed by atoms with van der Waals surface area (Å²) in [6.45, 7) is 3.43. The van der Waals surface area contributed by atoms with Gasteiger partial charge in [0.1, 0.15) is 0 Å². The number of nitrogens with zero attached hydrogens (tertiary/aromatic N) is 2. The summed E-state index contributed by atoms with van der Waals surface area (Å²) in [7, 11) is 6.05. The predicted molar refractivity (Wildman–Crippen MR) is 85.2 cm³/mol. The van der Waals surface area contributed by atoms with E-state index >= 15 is 0 Å². The van der Waals surface area contributed by atoms with Gasteiger partial charge in [-0.15, -0.1) is 0 Å². The van der Waals surface area contributed by atoms with Crippen LogP contribution in [0.4, 0.5) is 0 Å². The van der Waals surface area contributed by atoms with E-state index in [1.165, 1.54) is 5.69 Å². The normalized spacial score (nSPS) is 10.9. The Kier molecular flexibility index (Phi) is 4.81. The smallest absolute Gasteiger partial charge is 0.251 e. The van der Waals surface area contributed by atoms with Crippen molar-refractivity contribution in [3.8, 4) is 0 Å². The van der Waals surface area contributed by atoms with Crippen LogP contribution in [0.2, 0.25) is 0 Å². The number of carbonyl (C=O) groups is 1. The molecule has 0 aliphatic heterocycles. The fourth-order valence-corrected chi connectivity index (χ4v) is 2.29. The van der Waals surface area contributed by atoms with Crippen LogP contribution in [0.25, 0.3) is 0 Å². The molecule has 112 valence electrons. The van der Waals surface area contributed by atoms with Crippen molar-refractivity contribution in [3.05, 3.63) is 58.9 Å². The Bertz CT molecular complexity index is 629. The first-order chi connectivity index (χ1) is 9.97. The Balaban J connectivity index is 2.01. The van der Waals surface area contributed by atoms with Crippen molar-refractivity contribution in [2.24, 2.45) is 7.05 Å². The zero-order valence-electron chi connectivity index (χ0n) is 13.2. The molecule has 1 aromatic heterocycles. The highest BCUT2D eigenvalue weighted by Gasteiger charge is 2.08. The van der Waals surface area contributed by atoms with E-state index < -0.39 is 0 Å². The second kappa shape index (κ2) is 6.59. The molecule has 0 radical (unpaired) electrons. The average molecular weight is 285 g/mol. The number of rotatable bonds is 5. The van der Waals surface area contributed by atoms with E-state index in [2.05, 4.69) is 27.8 Å². The molecule has 0 bridgehead atoms. The Morgan fingerprint density at radius 1 is 1.24 bits per heavy atom. The molecule has 21 heavy (non-hydrogen) atoms. The predicted octanol–water partition coefficient (Wildman–Crippen LogP) is 2.33. The highest BCUT2D eigenvalue weighted by Crippen LogP contribution is 2.09. The summed E-state index contributed by atoms with van der Waals surface area (Å²) < 4.78 is 2.09. The molecule has 2 rings (SSSR count). The van der Waals surface area contributed by atoms with Gasteiger partial charge in [0.2, 0.25) is 0 Å². The van der Waals surface area contributed by atoms with E-state index in [-0.39, 0.29) is 5.91 Å². The number of carbonyl (C=O) groups excluding carboxylic acids is 1. The maximum absolute atomic E-state index is 12.2. The van der Waals surface area contributed by atoms with Crippen molar-refractivity contribution in [3.63, 3.8) is 0 Å². The average Bonchev–Trinajstić information content (AvgIpc) is 2.76. The molecule has 1 aromatic carbocycles. The van der Waals surface area contributed by atoms with Gasteiger partial charge in [-0.2, -0.15) is 0 Å². The lowest BCUT2D eigenvalue weighted by atomic mass is 10.1. The minimum atomic E-state index is -0.0329. The van der Waals surface area contributed by atoms with Gasteiger partial charge in [0, 0.05) is 30.5 Å². The van der Waals surface area contributed by atoms with Crippen LogP contribution in [0, 0.1) is 6.92 Å². The Morgan fingerprint density at radius 3 is 2.62 bits per heavy atom. The van der Waals surface area contributed by atoms with Gasteiger partial charge >= 0.3 is 0 Å². The van der Waals surface area contributed by atoms with E-state index in [9.17, 15) is 4.79 Å². The van der Waals surface area contributed by atoms with Gasteiger partial charge in [-0.05, 0) is 50.8 Å². The standard InChI is InChI=1S/C17H23N3O/c1-13-8-9-16(20(13)4)11-18-17(21)15-7-5-6-14(10-15)12-19(2)3/h5-10H,11-12H2,1-4H3,(H,18,21). The SMILES string of the molecule is Cc1ccc(CNC(=O)c2cccc(CN(C)C)c2)n1C.